The maximum absolute atomic E-state index is 13.8. The number of fused-ring (bicyclic) bond motifs is 2. The summed E-state index contributed by atoms with van der Waals surface area (Å²) in [5.74, 6) is -5.35. The van der Waals surface area contributed by atoms with E-state index in [1.165, 1.54) is 19.4 Å². The third-order valence-corrected chi connectivity index (χ3v) is 8.35. The number of hydrogen-bond donors (Lipinski definition) is 1. The van der Waals surface area contributed by atoms with Crippen molar-refractivity contribution < 1.29 is 66.7 Å². The van der Waals surface area contributed by atoms with E-state index < -0.39 is 91.2 Å². The molecule has 0 spiro atoms. The Morgan fingerprint density at radius 3 is 2.16 bits per heavy atom. The molecule has 3 aliphatic rings. The zero-order valence-electron chi connectivity index (χ0n) is 28.5. The highest BCUT2D eigenvalue weighted by Gasteiger charge is 2.55. The Balaban J connectivity index is 1.48. The number of aromatic nitrogens is 1. The summed E-state index contributed by atoms with van der Waals surface area (Å²) in [6.07, 6.45) is -1.79. The number of nitrogens with one attached hydrogen (secondary N) is 1. The molecule has 2 aliphatic heterocycles. The predicted octanol–water partition coefficient (Wildman–Crippen LogP) is 2.64. The molecule has 1 aromatic carbocycles. The standard InChI is InChI=1S/C35H38N2O14/c1-17(38)44-14-23-10-11-25-26(33(43)37-27-13-36-12-22-8-6-7-9-24(22)27)15-46-34(29(23)25)51-35-32(49-21(5)42)31(48-20(4)41)30(47-19(3)40)28(50-35)16-45-18(2)39/h6-10,12-13,15,25,28-32,34-35H,11,14,16H2,1-5H3,(H,37,43)/t25-,28-,29-,30-,31+,32-,34+,35+/m1/s1. The van der Waals surface area contributed by atoms with Crippen LogP contribution in [0.15, 0.2) is 60.1 Å². The van der Waals surface area contributed by atoms with Gasteiger partial charge >= 0.3 is 29.8 Å². The molecule has 5 rings (SSSR count). The Hall–Kier alpha value is -5.35. The average molecular weight is 711 g/mol. The summed E-state index contributed by atoms with van der Waals surface area (Å²) >= 11 is 0. The number of esters is 5. The molecule has 16 heteroatoms. The Labute approximate surface area is 292 Å². The van der Waals surface area contributed by atoms with Gasteiger partial charge in [-0.2, -0.15) is 0 Å². The first-order valence-corrected chi connectivity index (χ1v) is 16.1. The lowest BCUT2D eigenvalue weighted by Crippen LogP contribution is -2.63. The molecular formula is C35H38N2O14. The summed E-state index contributed by atoms with van der Waals surface area (Å²) in [6.45, 7) is 5.14. The summed E-state index contributed by atoms with van der Waals surface area (Å²) in [4.78, 5) is 78.3. The van der Waals surface area contributed by atoms with Gasteiger partial charge in [-0.15, -0.1) is 0 Å². The number of ether oxygens (including phenoxy) is 8. The molecule has 1 aliphatic carbocycles. The van der Waals surface area contributed by atoms with Crippen LogP contribution in [0.4, 0.5) is 5.69 Å². The van der Waals surface area contributed by atoms with E-state index in [0.29, 0.717) is 17.7 Å². The molecule has 1 aromatic heterocycles. The molecule has 1 amide bonds. The van der Waals surface area contributed by atoms with Gasteiger partial charge in [-0.25, -0.2) is 0 Å². The summed E-state index contributed by atoms with van der Waals surface area (Å²) in [6, 6.07) is 7.43. The predicted molar refractivity (Wildman–Crippen MR) is 173 cm³/mol. The topological polar surface area (TPSA) is 201 Å². The van der Waals surface area contributed by atoms with Crippen LogP contribution in [-0.2, 0) is 66.7 Å². The van der Waals surface area contributed by atoms with Gasteiger partial charge in [-0.05, 0) is 12.0 Å². The summed E-state index contributed by atoms with van der Waals surface area (Å²) < 4.78 is 45.4. The SMILES string of the molecule is CC(=O)OCC1=CC[C@@H]2C(C(=O)Nc3cncc4ccccc34)=CO[C@@H](O[C@@H]3O[C@H](COC(C)=O)[C@@H](OC(C)=O)[C@H](OC(C)=O)[C@H]3OC(C)=O)[C@H]12. The summed E-state index contributed by atoms with van der Waals surface area (Å²) in [5, 5.41) is 4.52. The van der Waals surface area contributed by atoms with Gasteiger partial charge in [-0.3, -0.25) is 33.8 Å². The highest BCUT2D eigenvalue weighted by Crippen LogP contribution is 2.45. The fourth-order valence-corrected chi connectivity index (χ4v) is 6.34. The van der Waals surface area contributed by atoms with E-state index in [0.717, 1.165) is 38.5 Å². The first-order chi connectivity index (χ1) is 24.3. The maximum atomic E-state index is 13.8. The van der Waals surface area contributed by atoms with Crippen LogP contribution >= 0.6 is 0 Å². The number of pyridine rings is 1. The van der Waals surface area contributed by atoms with E-state index in [9.17, 15) is 28.8 Å². The van der Waals surface area contributed by atoms with Crippen molar-refractivity contribution in [2.45, 2.75) is 78.0 Å². The van der Waals surface area contributed by atoms with Crippen molar-refractivity contribution >= 4 is 52.2 Å². The van der Waals surface area contributed by atoms with Crippen LogP contribution in [-0.4, -0.2) is 90.9 Å². The number of carbonyl (C=O) groups excluding carboxylic acids is 6. The van der Waals surface area contributed by atoms with Crippen molar-refractivity contribution in [3.63, 3.8) is 0 Å². The Morgan fingerprint density at radius 2 is 1.47 bits per heavy atom. The fourth-order valence-electron chi connectivity index (χ4n) is 6.34. The number of hydrogen-bond acceptors (Lipinski definition) is 15. The molecule has 8 atom stereocenters. The Bertz CT molecular complexity index is 1750. The van der Waals surface area contributed by atoms with Crippen molar-refractivity contribution in [3.05, 3.63) is 60.1 Å². The minimum absolute atomic E-state index is 0.138. The molecule has 1 saturated heterocycles. The van der Waals surface area contributed by atoms with Crippen LogP contribution in [0.2, 0.25) is 0 Å². The minimum Gasteiger partial charge on any atom is -0.471 e. The fraction of sp³-hybridized carbons (Fsp3) is 0.457. The van der Waals surface area contributed by atoms with Gasteiger partial charge in [0.2, 0.25) is 12.6 Å². The van der Waals surface area contributed by atoms with E-state index in [-0.39, 0.29) is 12.2 Å². The molecule has 51 heavy (non-hydrogen) atoms. The molecule has 0 unspecified atom stereocenters. The van der Waals surface area contributed by atoms with Gasteiger partial charge < -0.3 is 43.2 Å². The number of amides is 1. The highest BCUT2D eigenvalue weighted by molar-refractivity contribution is 6.08. The second-order valence-corrected chi connectivity index (χ2v) is 12.1. The van der Waals surface area contributed by atoms with E-state index >= 15 is 0 Å². The lowest BCUT2D eigenvalue weighted by molar-refractivity contribution is -0.342. The zero-order valence-corrected chi connectivity index (χ0v) is 28.5. The van der Waals surface area contributed by atoms with Crippen molar-refractivity contribution in [1.29, 1.82) is 0 Å². The third-order valence-electron chi connectivity index (χ3n) is 8.35. The molecule has 2 aromatic rings. The molecule has 0 bridgehead atoms. The normalized spacial score (nSPS) is 26.7. The van der Waals surface area contributed by atoms with Gasteiger partial charge in [0.1, 0.15) is 19.3 Å². The summed E-state index contributed by atoms with van der Waals surface area (Å²) in [7, 11) is 0. The number of carbonyl (C=O) groups is 6. The molecule has 272 valence electrons. The second-order valence-electron chi connectivity index (χ2n) is 12.1. The number of nitrogens with zero attached hydrogens (tertiary/aromatic N) is 1. The third kappa shape index (κ3) is 8.88. The van der Waals surface area contributed by atoms with Crippen molar-refractivity contribution in [2.75, 3.05) is 18.5 Å². The van der Waals surface area contributed by atoms with E-state index in [2.05, 4.69) is 10.3 Å². The molecule has 1 fully saturated rings. The highest BCUT2D eigenvalue weighted by atomic mass is 16.8. The van der Waals surface area contributed by atoms with E-state index in [4.69, 9.17) is 37.9 Å². The number of allylic oxidation sites excluding steroid dienone is 1. The number of benzene rings is 1. The van der Waals surface area contributed by atoms with E-state index in [1.54, 1.807) is 6.20 Å². The molecule has 0 radical (unpaired) electrons. The quantitative estimate of drug-likeness (QED) is 0.202. The minimum atomic E-state index is -1.56. The first-order valence-electron chi connectivity index (χ1n) is 16.1. The molecule has 3 heterocycles. The zero-order chi connectivity index (χ0) is 36.8. The van der Waals surface area contributed by atoms with Gasteiger partial charge in [-0.1, -0.05) is 30.3 Å². The van der Waals surface area contributed by atoms with Gasteiger partial charge in [0, 0.05) is 57.5 Å². The van der Waals surface area contributed by atoms with Crippen molar-refractivity contribution in [2.24, 2.45) is 11.8 Å². The van der Waals surface area contributed by atoms with Crippen LogP contribution in [0.25, 0.3) is 10.8 Å². The van der Waals surface area contributed by atoms with Crippen LogP contribution in [0.3, 0.4) is 0 Å². The van der Waals surface area contributed by atoms with Gasteiger partial charge in [0.05, 0.1) is 29.6 Å². The van der Waals surface area contributed by atoms with Crippen LogP contribution in [0.5, 0.6) is 0 Å². The largest absolute Gasteiger partial charge is 0.471 e. The monoisotopic (exact) mass is 710 g/mol. The van der Waals surface area contributed by atoms with Crippen LogP contribution in [0, 0.1) is 11.8 Å². The summed E-state index contributed by atoms with van der Waals surface area (Å²) in [5.41, 5.74) is 1.33. The smallest absolute Gasteiger partial charge is 0.303 e. The molecule has 16 nitrogen and oxygen atoms in total. The van der Waals surface area contributed by atoms with E-state index in [1.807, 2.05) is 30.3 Å². The molecule has 1 N–H and O–H groups in total. The Kier molecular flexibility index (Phi) is 11.7. The molecular weight excluding hydrogens is 672 g/mol. The lowest BCUT2D eigenvalue weighted by Gasteiger charge is -2.45. The number of rotatable bonds is 11. The van der Waals surface area contributed by atoms with Crippen LogP contribution < -0.4 is 5.32 Å². The van der Waals surface area contributed by atoms with Gasteiger partial charge in [0.15, 0.2) is 18.3 Å². The first kappa shape index (κ1) is 36.9. The maximum Gasteiger partial charge on any atom is 0.303 e. The Morgan fingerprint density at radius 1 is 0.804 bits per heavy atom. The lowest BCUT2D eigenvalue weighted by atomic mass is 9.83. The van der Waals surface area contributed by atoms with Crippen LogP contribution in [0.1, 0.15) is 41.0 Å². The second kappa shape index (κ2) is 16.1. The average Bonchev–Trinajstić information content (AvgIpc) is 3.49. The van der Waals surface area contributed by atoms with Crippen molar-refractivity contribution in [1.82, 2.24) is 4.98 Å². The molecule has 0 saturated carbocycles. The van der Waals surface area contributed by atoms with Crippen molar-refractivity contribution in [3.8, 4) is 0 Å². The number of anilines is 1. The van der Waals surface area contributed by atoms with Gasteiger partial charge in [0.25, 0.3) is 5.91 Å².